The van der Waals surface area contributed by atoms with Gasteiger partial charge in [0.2, 0.25) is 0 Å². The fourth-order valence-corrected chi connectivity index (χ4v) is 4.70. The van der Waals surface area contributed by atoms with Crippen LogP contribution in [0.4, 0.5) is 0 Å². The summed E-state index contributed by atoms with van der Waals surface area (Å²) in [6.07, 6.45) is 1.61. The van der Waals surface area contributed by atoms with Crippen molar-refractivity contribution in [2.45, 2.75) is 18.4 Å². The average molecular weight is 386 g/mol. The molecule has 0 atom stereocenters. The number of rotatable bonds is 5. The molecule has 0 amide bonds. The molecule has 1 aliphatic rings. The van der Waals surface area contributed by atoms with Gasteiger partial charge in [-0.15, -0.1) is 0 Å². The van der Waals surface area contributed by atoms with Crippen LogP contribution in [0.1, 0.15) is 29.5 Å². The maximum atomic E-state index is 12.1. The van der Waals surface area contributed by atoms with Crippen LogP contribution in [0.3, 0.4) is 0 Å². The van der Waals surface area contributed by atoms with E-state index in [1.54, 1.807) is 0 Å². The highest BCUT2D eigenvalue weighted by molar-refractivity contribution is 5.72. The Morgan fingerprint density at radius 3 is 1.48 bits per heavy atom. The normalized spacial score (nSPS) is 15.8. The summed E-state index contributed by atoms with van der Waals surface area (Å²) in [5.41, 5.74) is 3.34. The summed E-state index contributed by atoms with van der Waals surface area (Å²) in [6.45, 7) is 1.66. The van der Waals surface area contributed by atoms with Crippen molar-refractivity contribution in [1.29, 1.82) is 0 Å². The molecule has 0 aromatic heterocycles. The van der Waals surface area contributed by atoms with Crippen LogP contribution in [0.2, 0.25) is 0 Å². The van der Waals surface area contributed by atoms with Crippen molar-refractivity contribution in [1.82, 2.24) is 4.90 Å². The van der Waals surface area contributed by atoms with Gasteiger partial charge in [0, 0.05) is 13.1 Å². The van der Waals surface area contributed by atoms with Crippen LogP contribution < -0.4 is 0 Å². The second kappa shape index (κ2) is 8.62. The van der Waals surface area contributed by atoms with Gasteiger partial charge in [0.25, 0.3) is 0 Å². The molecule has 1 aliphatic heterocycles. The molecule has 29 heavy (non-hydrogen) atoms. The van der Waals surface area contributed by atoms with Gasteiger partial charge < -0.3 is 4.74 Å². The topological polar surface area (TPSA) is 29.5 Å². The van der Waals surface area contributed by atoms with E-state index in [4.69, 9.17) is 4.74 Å². The van der Waals surface area contributed by atoms with E-state index in [0.717, 1.165) is 25.9 Å². The molecule has 0 radical (unpaired) electrons. The number of benzene rings is 3. The number of carbonyl (C=O) groups excluding carboxylic acids is 1. The molecule has 3 heteroatoms. The van der Waals surface area contributed by atoms with Gasteiger partial charge in [-0.1, -0.05) is 91.0 Å². The Morgan fingerprint density at radius 1 is 0.759 bits per heavy atom. The number of likely N-dealkylation sites (tertiary alicyclic amines) is 1. The van der Waals surface area contributed by atoms with Crippen LogP contribution in [0.25, 0.3) is 0 Å². The molecule has 0 N–H and O–H groups in total. The molecular formula is C26H27NO2. The number of piperidine rings is 1. The van der Waals surface area contributed by atoms with E-state index < -0.39 is 5.54 Å². The zero-order valence-corrected chi connectivity index (χ0v) is 16.8. The molecule has 0 saturated carbocycles. The van der Waals surface area contributed by atoms with Gasteiger partial charge in [-0.3, -0.25) is 9.69 Å². The molecule has 148 valence electrons. The standard InChI is InChI=1S/C26H27NO2/c1-29-25(28)21-17-19-27(20-18-21)26(22-11-5-2-6-12-22,23-13-7-3-8-14-23)24-15-9-4-10-16-24/h2-16,21H,17-20H2,1H3. The largest absolute Gasteiger partial charge is 0.469 e. The third kappa shape index (κ3) is 3.58. The Hall–Kier alpha value is -2.91. The average Bonchev–Trinajstić information content (AvgIpc) is 2.82. The van der Waals surface area contributed by atoms with Crippen molar-refractivity contribution in [3.05, 3.63) is 108 Å². The monoisotopic (exact) mass is 385 g/mol. The molecule has 0 bridgehead atoms. The molecule has 0 aliphatic carbocycles. The number of hydrogen-bond acceptors (Lipinski definition) is 3. The van der Waals surface area contributed by atoms with E-state index in [0.29, 0.717) is 0 Å². The molecule has 0 unspecified atom stereocenters. The summed E-state index contributed by atoms with van der Waals surface area (Å²) >= 11 is 0. The second-order valence-electron chi connectivity index (χ2n) is 7.59. The van der Waals surface area contributed by atoms with Gasteiger partial charge in [-0.05, 0) is 29.5 Å². The second-order valence-corrected chi connectivity index (χ2v) is 7.59. The lowest BCUT2D eigenvalue weighted by atomic mass is 9.74. The molecule has 4 rings (SSSR count). The summed E-state index contributed by atoms with van der Waals surface area (Å²) in [7, 11) is 1.48. The van der Waals surface area contributed by atoms with Gasteiger partial charge in [-0.25, -0.2) is 0 Å². The van der Waals surface area contributed by atoms with E-state index in [-0.39, 0.29) is 11.9 Å². The maximum absolute atomic E-state index is 12.1. The number of ether oxygens (including phenoxy) is 1. The number of methoxy groups -OCH3 is 1. The fraction of sp³-hybridized carbons (Fsp3) is 0.269. The third-order valence-electron chi connectivity index (χ3n) is 6.08. The van der Waals surface area contributed by atoms with E-state index >= 15 is 0 Å². The van der Waals surface area contributed by atoms with Gasteiger partial charge in [0.1, 0.15) is 0 Å². The lowest BCUT2D eigenvalue weighted by Crippen LogP contribution is -2.52. The number of nitrogens with zero attached hydrogens (tertiary/aromatic N) is 1. The summed E-state index contributed by atoms with van der Waals surface area (Å²) < 4.78 is 5.01. The third-order valence-corrected chi connectivity index (χ3v) is 6.08. The number of esters is 1. The van der Waals surface area contributed by atoms with Crippen LogP contribution in [0.5, 0.6) is 0 Å². The zero-order chi connectivity index (χ0) is 20.1. The first kappa shape index (κ1) is 19.4. The fourth-order valence-electron chi connectivity index (χ4n) is 4.70. The molecule has 1 heterocycles. The summed E-state index contributed by atoms with van der Waals surface area (Å²) in [5, 5.41) is 0. The van der Waals surface area contributed by atoms with Crippen molar-refractivity contribution < 1.29 is 9.53 Å². The Morgan fingerprint density at radius 2 is 1.14 bits per heavy atom. The van der Waals surface area contributed by atoms with Crippen LogP contribution >= 0.6 is 0 Å². The minimum atomic E-state index is -0.398. The lowest BCUT2D eigenvalue weighted by molar-refractivity contribution is -0.147. The van der Waals surface area contributed by atoms with Gasteiger partial charge >= 0.3 is 5.97 Å². The molecule has 3 aromatic carbocycles. The predicted octanol–water partition coefficient (Wildman–Crippen LogP) is 4.86. The van der Waals surface area contributed by atoms with Crippen molar-refractivity contribution in [2.75, 3.05) is 20.2 Å². The quantitative estimate of drug-likeness (QED) is 0.464. The Labute approximate surface area is 172 Å². The Bertz CT molecular complexity index is 820. The van der Waals surface area contributed by atoms with Crippen LogP contribution in [-0.4, -0.2) is 31.1 Å². The van der Waals surface area contributed by atoms with Crippen molar-refractivity contribution in [3.63, 3.8) is 0 Å². The Balaban J connectivity index is 1.86. The molecule has 1 fully saturated rings. The first-order valence-corrected chi connectivity index (χ1v) is 10.3. The molecular weight excluding hydrogens is 358 g/mol. The van der Waals surface area contributed by atoms with Gasteiger partial charge in [0.05, 0.1) is 18.6 Å². The van der Waals surface area contributed by atoms with Crippen molar-refractivity contribution >= 4 is 5.97 Å². The smallest absolute Gasteiger partial charge is 0.308 e. The zero-order valence-electron chi connectivity index (χ0n) is 16.8. The summed E-state index contributed by atoms with van der Waals surface area (Å²) in [6, 6.07) is 32.1. The van der Waals surface area contributed by atoms with E-state index in [2.05, 4.69) is 95.9 Å². The maximum Gasteiger partial charge on any atom is 0.308 e. The number of hydrogen-bond donors (Lipinski definition) is 0. The van der Waals surface area contributed by atoms with E-state index in [9.17, 15) is 4.79 Å². The van der Waals surface area contributed by atoms with Crippen molar-refractivity contribution in [3.8, 4) is 0 Å². The van der Waals surface area contributed by atoms with E-state index in [1.807, 2.05) is 0 Å². The Kier molecular flexibility index (Phi) is 5.77. The van der Waals surface area contributed by atoms with E-state index in [1.165, 1.54) is 23.8 Å². The van der Waals surface area contributed by atoms with Gasteiger partial charge in [0.15, 0.2) is 0 Å². The van der Waals surface area contributed by atoms with Crippen LogP contribution in [0, 0.1) is 5.92 Å². The summed E-state index contributed by atoms with van der Waals surface area (Å²) in [4.78, 5) is 14.6. The highest BCUT2D eigenvalue weighted by Crippen LogP contribution is 2.44. The van der Waals surface area contributed by atoms with Crippen LogP contribution in [0.15, 0.2) is 91.0 Å². The SMILES string of the molecule is COC(=O)C1CCN(C(c2ccccc2)(c2ccccc2)c2ccccc2)CC1. The molecule has 1 saturated heterocycles. The predicted molar refractivity (Wildman–Crippen MR) is 116 cm³/mol. The van der Waals surface area contributed by atoms with Crippen LogP contribution in [-0.2, 0) is 15.1 Å². The number of carbonyl (C=O) groups is 1. The molecule has 0 spiro atoms. The summed E-state index contributed by atoms with van der Waals surface area (Å²) in [5.74, 6) is -0.106. The minimum Gasteiger partial charge on any atom is -0.469 e. The highest BCUT2D eigenvalue weighted by atomic mass is 16.5. The minimum absolute atomic E-state index is 0.0173. The van der Waals surface area contributed by atoms with Gasteiger partial charge in [-0.2, -0.15) is 0 Å². The first-order chi connectivity index (χ1) is 14.3. The highest BCUT2D eigenvalue weighted by Gasteiger charge is 2.44. The molecule has 3 aromatic rings. The molecule has 3 nitrogen and oxygen atoms in total. The lowest BCUT2D eigenvalue weighted by Gasteiger charge is -2.48. The first-order valence-electron chi connectivity index (χ1n) is 10.3. The van der Waals surface area contributed by atoms with Crippen molar-refractivity contribution in [2.24, 2.45) is 5.92 Å².